The van der Waals surface area contributed by atoms with Gasteiger partial charge in [0.15, 0.2) is 0 Å². The highest BCUT2D eigenvalue weighted by molar-refractivity contribution is 5.80. The number of aliphatic hydroxyl groups excluding tert-OH is 1. The quantitative estimate of drug-likeness (QED) is 0.687. The molecule has 0 aliphatic carbocycles. The molecule has 2 saturated heterocycles. The number of nitrogens with zero attached hydrogens (tertiary/aromatic N) is 1. The first-order chi connectivity index (χ1) is 9.26. The van der Waals surface area contributed by atoms with Crippen LogP contribution in [0.15, 0.2) is 0 Å². The van der Waals surface area contributed by atoms with Gasteiger partial charge in [0.25, 0.3) is 0 Å². The number of carbonyl (C=O) groups is 1. The number of amides is 1. The molecule has 2 aliphatic heterocycles. The normalized spacial score (nSPS) is 31.7. The van der Waals surface area contributed by atoms with Crippen LogP contribution in [0.4, 0.5) is 0 Å². The van der Waals surface area contributed by atoms with E-state index < -0.39 is 0 Å². The lowest BCUT2D eigenvalue weighted by molar-refractivity contribution is -0.145. The van der Waals surface area contributed by atoms with Crippen molar-refractivity contribution in [2.45, 2.75) is 25.5 Å². The van der Waals surface area contributed by atoms with Crippen molar-refractivity contribution in [1.82, 2.24) is 10.2 Å². The first-order valence-corrected chi connectivity index (χ1v) is 7.08. The summed E-state index contributed by atoms with van der Waals surface area (Å²) in [5.74, 6) is 0.0110. The molecule has 0 saturated carbocycles. The number of morpholine rings is 1. The lowest BCUT2D eigenvalue weighted by Crippen LogP contribution is -2.52. The van der Waals surface area contributed by atoms with Crippen LogP contribution in [0.5, 0.6) is 0 Å². The number of hydrogen-bond donors (Lipinski definition) is 2. The number of rotatable bonds is 5. The fourth-order valence-corrected chi connectivity index (χ4v) is 2.59. The summed E-state index contributed by atoms with van der Waals surface area (Å²) in [7, 11) is 0. The van der Waals surface area contributed by atoms with Crippen LogP contribution < -0.4 is 5.32 Å². The zero-order valence-electron chi connectivity index (χ0n) is 11.5. The largest absolute Gasteiger partial charge is 0.394 e. The Hall–Kier alpha value is -0.690. The minimum absolute atomic E-state index is 0.0392. The molecule has 0 radical (unpaired) electrons. The van der Waals surface area contributed by atoms with E-state index in [1.54, 1.807) is 4.90 Å². The minimum Gasteiger partial charge on any atom is -0.394 e. The van der Waals surface area contributed by atoms with Crippen molar-refractivity contribution in [2.75, 3.05) is 46.1 Å². The molecule has 0 aromatic carbocycles. The topological polar surface area (TPSA) is 71.0 Å². The highest BCUT2D eigenvalue weighted by Gasteiger charge is 2.37. The van der Waals surface area contributed by atoms with Crippen molar-refractivity contribution in [2.24, 2.45) is 5.92 Å². The molecular formula is C13H24N2O4. The molecule has 0 aromatic rings. The number of nitrogens with one attached hydrogen (secondary N) is 1. The third kappa shape index (κ3) is 3.66. The Bertz CT molecular complexity index is 300. The second kappa shape index (κ2) is 7.19. The fraction of sp³-hybridized carbons (Fsp3) is 0.923. The SMILES string of the molecule is CCCNC1COCC1C(=O)N1CCOC(CO)C1. The highest BCUT2D eigenvalue weighted by Crippen LogP contribution is 2.18. The van der Waals surface area contributed by atoms with Crippen molar-refractivity contribution in [3.63, 3.8) is 0 Å². The lowest BCUT2D eigenvalue weighted by atomic mass is 10.0. The highest BCUT2D eigenvalue weighted by atomic mass is 16.5. The molecule has 2 heterocycles. The molecule has 0 bridgehead atoms. The van der Waals surface area contributed by atoms with Gasteiger partial charge in [-0.05, 0) is 13.0 Å². The molecular weight excluding hydrogens is 248 g/mol. The summed E-state index contributed by atoms with van der Waals surface area (Å²) in [6, 6.07) is 0.114. The molecule has 110 valence electrons. The van der Waals surface area contributed by atoms with Gasteiger partial charge < -0.3 is 24.8 Å². The van der Waals surface area contributed by atoms with Gasteiger partial charge in [-0.1, -0.05) is 6.92 Å². The average Bonchev–Trinajstić information content (AvgIpc) is 2.92. The van der Waals surface area contributed by atoms with Crippen LogP contribution in [-0.4, -0.2) is 74.1 Å². The van der Waals surface area contributed by atoms with E-state index >= 15 is 0 Å². The van der Waals surface area contributed by atoms with Gasteiger partial charge in [0.2, 0.25) is 5.91 Å². The van der Waals surface area contributed by atoms with Crippen molar-refractivity contribution in [3.05, 3.63) is 0 Å². The van der Waals surface area contributed by atoms with Crippen LogP contribution in [0.3, 0.4) is 0 Å². The van der Waals surface area contributed by atoms with Crippen LogP contribution in [-0.2, 0) is 14.3 Å². The molecule has 2 N–H and O–H groups in total. The molecule has 2 fully saturated rings. The van der Waals surface area contributed by atoms with Crippen molar-refractivity contribution in [3.8, 4) is 0 Å². The zero-order valence-corrected chi connectivity index (χ0v) is 11.5. The third-order valence-electron chi connectivity index (χ3n) is 3.71. The maximum Gasteiger partial charge on any atom is 0.229 e. The summed E-state index contributed by atoms with van der Waals surface area (Å²) >= 11 is 0. The van der Waals surface area contributed by atoms with Crippen molar-refractivity contribution >= 4 is 5.91 Å². The van der Waals surface area contributed by atoms with Gasteiger partial charge in [0.1, 0.15) is 0 Å². The van der Waals surface area contributed by atoms with E-state index in [9.17, 15) is 4.79 Å². The maximum atomic E-state index is 12.5. The van der Waals surface area contributed by atoms with Gasteiger partial charge in [0.05, 0.1) is 38.4 Å². The van der Waals surface area contributed by atoms with Crippen molar-refractivity contribution in [1.29, 1.82) is 0 Å². The third-order valence-corrected chi connectivity index (χ3v) is 3.71. The number of carbonyl (C=O) groups excluding carboxylic acids is 1. The van der Waals surface area contributed by atoms with E-state index in [1.165, 1.54) is 0 Å². The number of aliphatic hydroxyl groups is 1. The van der Waals surface area contributed by atoms with Crippen LogP contribution in [0.2, 0.25) is 0 Å². The molecule has 3 atom stereocenters. The van der Waals surface area contributed by atoms with E-state index in [2.05, 4.69) is 12.2 Å². The molecule has 6 heteroatoms. The molecule has 0 spiro atoms. The van der Waals surface area contributed by atoms with Gasteiger partial charge in [-0.15, -0.1) is 0 Å². The Morgan fingerprint density at radius 1 is 1.47 bits per heavy atom. The Morgan fingerprint density at radius 3 is 3.05 bits per heavy atom. The molecule has 2 rings (SSSR count). The molecule has 2 aliphatic rings. The van der Waals surface area contributed by atoms with E-state index in [0.717, 1.165) is 13.0 Å². The van der Waals surface area contributed by atoms with Gasteiger partial charge >= 0.3 is 0 Å². The predicted molar refractivity (Wildman–Crippen MR) is 69.8 cm³/mol. The van der Waals surface area contributed by atoms with Crippen molar-refractivity contribution < 1.29 is 19.4 Å². The number of ether oxygens (including phenoxy) is 2. The molecule has 3 unspecified atom stereocenters. The molecule has 0 aromatic heterocycles. The monoisotopic (exact) mass is 272 g/mol. The van der Waals surface area contributed by atoms with Crippen LogP contribution in [0.1, 0.15) is 13.3 Å². The van der Waals surface area contributed by atoms with E-state index in [1.807, 2.05) is 0 Å². The van der Waals surface area contributed by atoms with Crippen LogP contribution in [0, 0.1) is 5.92 Å². The number of hydrogen-bond acceptors (Lipinski definition) is 5. The summed E-state index contributed by atoms with van der Waals surface area (Å²) in [5, 5.41) is 12.5. The molecule has 6 nitrogen and oxygen atoms in total. The van der Waals surface area contributed by atoms with Gasteiger partial charge in [-0.25, -0.2) is 0 Å². The molecule has 1 amide bonds. The Balaban J connectivity index is 1.90. The summed E-state index contributed by atoms with van der Waals surface area (Å²) in [6.07, 6.45) is 0.795. The zero-order chi connectivity index (χ0) is 13.7. The second-order valence-electron chi connectivity index (χ2n) is 5.16. The van der Waals surface area contributed by atoms with Crippen LogP contribution in [0.25, 0.3) is 0 Å². The second-order valence-corrected chi connectivity index (χ2v) is 5.16. The van der Waals surface area contributed by atoms with Gasteiger partial charge in [-0.2, -0.15) is 0 Å². The lowest BCUT2D eigenvalue weighted by Gasteiger charge is -2.34. The van der Waals surface area contributed by atoms with E-state index in [0.29, 0.717) is 32.9 Å². The molecule has 19 heavy (non-hydrogen) atoms. The summed E-state index contributed by atoms with van der Waals surface area (Å²) < 4.78 is 10.8. The Kier molecular flexibility index (Phi) is 5.57. The smallest absolute Gasteiger partial charge is 0.229 e. The van der Waals surface area contributed by atoms with Gasteiger partial charge in [-0.3, -0.25) is 4.79 Å². The predicted octanol–water partition coefficient (Wildman–Crippen LogP) is -0.779. The van der Waals surface area contributed by atoms with Gasteiger partial charge in [0, 0.05) is 19.1 Å². The van der Waals surface area contributed by atoms with Crippen LogP contribution >= 0.6 is 0 Å². The summed E-state index contributed by atoms with van der Waals surface area (Å²) in [4.78, 5) is 14.3. The Morgan fingerprint density at radius 2 is 2.32 bits per heavy atom. The average molecular weight is 272 g/mol. The fourth-order valence-electron chi connectivity index (χ4n) is 2.59. The first kappa shape index (κ1) is 14.7. The first-order valence-electron chi connectivity index (χ1n) is 7.08. The van der Waals surface area contributed by atoms with E-state index in [-0.39, 0.29) is 30.6 Å². The maximum absolute atomic E-state index is 12.5. The summed E-state index contributed by atoms with van der Waals surface area (Å²) in [5.41, 5.74) is 0. The Labute approximate surface area is 114 Å². The minimum atomic E-state index is -0.248. The van der Waals surface area contributed by atoms with E-state index in [4.69, 9.17) is 14.6 Å². The summed E-state index contributed by atoms with van der Waals surface area (Å²) in [6.45, 7) is 5.64. The standard InChI is InChI=1S/C13H24N2O4/c1-2-3-14-12-9-18-8-11(12)13(17)15-4-5-19-10(6-15)7-16/h10-12,14,16H,2-9H2,1H3.